The molecule has 1 aliphatic heterocycles. The predicted octanol–water partition coefficient (Wildman–Crippen LogP) is 8.90. The monoisotopic (exact) mass is 394 g/mol. The van der Waals surface area contributed by atoms with Gasteiger partial charge in [-0.3, -0.25) is 4.79 Å². The van der Waals surface area contributed by atoms with Crippen LogP contribution in [0.2, 0.25) is 0 Å². The first kappa shape index (κ1) is 25.5. The van der Waals surface area contributed by atoms with E-state index in [2.05, 4.69) is 6.92 Å². The van der Waals surface area contributed by atoms with E-state index in [1.807, 2.05) is 0 Å². The first-order valence-corrected chi connectivity index (χ1v) is 13.0. The standard InChI is InChI=1S/C26H50O2/c1-2-3-4-5-6-7-8-9-10-11-12-13-14-15-16-17-18-19-20-22-25-23-21-24-26(27)28-25/h25H,2-24H2,1H3. The molecule has 1 heterocycles. The Bertz CT molecular complexity index is 339. The van der Waals surface area contributed by atoms with Crippen molar-refractivity contribution in [1.82, 2.24) is 0 Å². The summed E-state index contributed by atoms with van der Waals surface area (Å²) >= 11 is 0. The van der Waals surface area contributed by atoms with E-state index >= 15 is 0 Å². The highest BCUT2D eigenvalue weighted by Crippen LogP contribution is 2.20. The van der Waals surface area contributed by atoms with Crippen LogP contribution in [0.5, 0.6) is 0 Å². The first-order valence-electron chi connectivity index (χ1n) is 13.0. The van der Waals surface area contributed by atoms with Gasteiger partial charge in [0.2, 0.25) is 0 Å². The molecule has 0 aromatic heterocycles. The van der Waals surface area contributed by atoms with Gasteiger partial charge in [-0.15, -0.1) is 0 Å². The van der Waals surface area contributed by atoms with E-state index in [9.17, 15) is 4.79 Å². The summed E-state index contributed by atoms with van der Waals surface area (Å²) in [6, 6.07) is 0. The molecule has 0 aromatic carbocycles. The number of unbranched alkanes of at least 4 members (excludes halogenated alkanes) is 18. The number of carbonyl (C=O) groups is 1. The van der Waals surface area contributed by atoms with Crippen LogP contribution in [0, 0.1) is 0 Å². The van der Waals surface area contributed by atoms with Crippen molar-refractivity contribution in [2.24, 2.45) is 0 Å². The van der Waals surface area contributed by atoms with Gasteiger partial charge in [0.15, 0.2) is 0 Å². The van der Waals surface area contributed by atoms with Gasteiger partial charge in [0.05, 0.1) is 0 Å². The molecule has 1 fully saturated rings. The van der Waals surface area contributed by atoms with Crippen molar-refractivity contribution in [1.29, 1.82) is 0 Å². The quantitative estimate of drug-likeness (QED) is 0.152. The minimum Gasteiger partial charge on any atom is -0.462 e. The van der Waals surface area contributed by atoms with Crippen LogP contribution < -0.4 is 0 Å². The van der Waals surface area contributed by atoms with Crippen LogP contribution in [0.3, 0.4) is 0 Å². The molecule has 2 heteroatoms. The summed E-state index contributed by atoms with van der Waals surface area (Å²) in [6.07, 6.45) is 31.0. The number of esters is 1. The molecule has 1 aliphatic rings. The van der Waals surface area contributed by atoms with Crippen molar-refractivity contribution < 1.29 is 9.53 Å². The molecular formula is C26H50O2. The molecule has 0 spiro atoms. The van der Waals surface area contributed by atoms with Gasteiger partial charge in [-0.05, 0) is 25.7 Å². The lowest BCUT2D eigenvalue weighted by molar-refractivity contribution is -0.154. The number of cyclic esters (lactones) is 1. The molecule has 1 atom stereocenters. The zero-order valence-electron chi connectivity index (χ0n) is 19.2. The summed E-state index contributed by atoms with van der Waals surface area (Å²) < 4.78 is 5.38. The maximum atomic E-state index is 11.3. The highest BCUT2D eigenvalue weighted by molar-refractivity contribution is 5.70. The van der Waals surface area contributed by atoms with Gasteiger partial charge < -0.3 is 4.74 Å². The first-order chi connectivity index (χ1) is 13.8. The van der Waals surface area contributed by atoms with Crippen molar-refractivity contribution in [3.8, 4) is 0 Å². The van der Waals surface area contributed by atoms with Crippen molar-refractivity contribution in [2.75, 3.05) is 0 Å². The van der Waals surface area contributed by atoms with Gasteiger partial charge in [-0.25, -0.2) is 0 Å². The van der Waals surface area contributed by atoms with Crippen molar-refractivity contribution in [3.63, 3.8) is 0 Å². The summed E-state index contributed by atoms with van der Waals surface area (Å²) in [5.41, 5.74) is 0. The van der Waals surface area contributed by atoms with Crippen molar-refractivity contribution >= 4 is 5.97 Å². The van der Waals surface area contributed by atoms with Crippen LogP contribution in [0.15, 0.2) is 0 Å². The van der Waals surface area contributed by atoms with Crippen LogP contribution in [0.1, 0.15) is 155 Å². The second-order valence-electron chi connectivity index (χ2n) is 9.16. The van der Waals surface area contributed by atoms with Gasteiger partial charge >= 0.3 is 5.97 Å². The predicted molar refractivity (Wildman–Crippen MR) is 122 cm³/mol. The van der Waals surface area contributed by atoms with Crippen LogP contribution in [0.4, 0.5) is 0 Å². The van der Waals surface area contributed by atoms with Crippen LogP contribution >= 0.6 is 0 Å². The summed E-state index contributed by atoms with van der Waals surface area (Å²) in [6.45, 7) is 2.29. The van der Waals surface area contributed by atoms with E-state index in [1.165, 1.54) is 122 Å². The average molecular weight is 395 g/mol. The van der Waals surface area contributed by atoms with Gasteiger partial charge in [-0.1, -0.05) is 122 Å². The second-order valence-corrected chi connectivity index (χ2v) is 9.16. The number of carbonyl (C=O) groups excluding carboxylic acids is 1. The Morgan fingerprint density at radius 2 is 1.04 bits per heavy atom. The number of hydrogen-bond donors (Lipinski definition) is 0. The van der Waals surface area contributed by atoms with E-state index in [0.29, 0.717) is 6.42 Å². The summed E-state index contributed by atoms with van der Waals surface area (Å²) in [5.74, 6) is 0.0223. The van der Waals surface area contributed by atoms with E-state index in [-0.39, 0.29) is 12.1 Å². The highest BCUT2D eigenvalue weighted by Gasteiger charge is 2.19. The molecule has 0 aromatic rings. The summed E-state index contributed by atoms with van der Waals surface area (Å²) in [7, 11) is 0. The molecule has 1 rings (SSSR count). The Balaban J connectivity index is 1.67. The van der Waals surface area contributed by atoms with Crippen molar-refractivity contribution in [2.45, 2.75) is 161 Å². The fraction of sp³-hybridized carbons (Fsp3) is 0.962. The molecule has 0 saturated carbocycles. The van der Waals surface area contributed by atoms with Gasteiger partial charge in [0, 0.05) is 6.42 Å². The summed E-state index contributed by atoms with van der Waals surface area (Å²) in [5, 5.41) is 0. The Morgan fingerprint density at radius 1 is 0.643 bits per heavy atom. The maximum absolute atomic E-state index is 11.3. The lowest BCUT2D eigenvalue weighted by Gasteiger charge is -2.21. The van der Waals surface area contributed by atoms with Gasteiger partial charge in [-0.2, -0.15) is 0 Å². The molecule has 1 unspecified atom stereocenters. The molecule has 0 amide bonds. The largest absolute Gasteiger partial charge is 0.462 e. The Kier molecular flexibility index (Phi) is 18.0. The topological polar surface area (TPSA) is 26.3 Å². The molecule has 0 bridgehead atoms. The fourth-order valence-corrected chi connectivity index (χ4v) is 4.43. The molecule has 0 radical (unpaired) electrons. The minimum absolute atomic E-state index is 0.0223. The van der Waals surface area contributed by atoms with E-state index in [0.717, 1.165) is 19.3 Å². The molecule has 0 aliphatic carbocycles. The minimum atomic E-state index is 0.0223. The van der Waals surface area contributed by atoms with E-state index < -0.39 is 0 Å². The number of rotatable bonds is 20. The normalized spacial score (nSPS) is 17.0. The third kappa shape index (κ3) is 16.4. The molecule has 1 saturated heterocycles. The number of ether oxygens (including phenoxy) is 1. The van der Waals surface area contributed by atoms with Crippen LogP contribution in [-0.2, 0) is 9.53 Å². The molecule has 166 valence electrons. The lowest BCUT2D eigenvalue weighted by Crippen LogP contribution is -2.23. The smallest absolute Gasteiger partial charge is 0.306 e. The third-order valence-corrected chi connectivity index (χ3v) is 6.33. The van der Waals surface area contributed by atoms with E-state index in [4.69, 9.17) is 4.74 Å². The molecular weight excluding hydrogens is 344 g/mol. The molecule has 2 nitrogen and oxygen atoms in total. The van der Waals surface area contributed by atoms with Crippen LogP contribution in [-0.4, -0.2) is 12.1 Å². The number of hydrogen-bond acceptors (Lipinski definition) is 2. The zero-order chi connectivity index (χ0) is 20.1. The van der Waals surface area contributed by atoms with Crippen molar-refractivity contribution in [3.05, 3.63) is 0 Å². The Hall–Kier alpha value is -0.530. The lowest BCUT2D eigenvalue weighted by atomic mass is 10.0. The summed E-state index contributed by atoms with van der Waals surface area (Å²) in [4.78, 5) is 11.3. The third-order valence-electron chi connectivity index (χ3n) is 6.33. The van der Waals surface area contributed by atoms with Crippen LogP contribution in [0.25, 0.3) is 0 Å². The molecule has 28 heavy (non-hydrogen) atoms. The zero-order valence-corrected chi connectivity index (χ0v) is 19.2. The highest BCUT2D eigenvalue weighted by atomic mass is 16.5. The fourth-order valence-electron chi connectivity index (χ4n) is 4.43. The van der Waals surface area contributed by atoms with E-state index in [1.54, 1.807) is 0 Å². The SMILES string of the molecule is CCCCCCCCCCCCCCCCCCCCCC1CCCC(=O)O1. The van der Waals surface area contributed by atoms with Gasteiger partial charge in [0.1, 0.15) is 6.10 Å². The molecule has 0 N–H and O–H groups in total. The van der Waals surface area contributed by atoms with Gasteiger partial charge in [0.25, 0.3) is 0 Å². The maximum Gasteiger partial charge on any atom is 0.306 e. The Labute approximate surface area is 176 Å². The second kappa shape index (κ2) is 19.8. The average Bonchev–Trinajstić information content (AvgIpc) is 2.70. The Morgan fingerprint density at radius 3 is 1.43 bits per heavy atom.